The van der Waals surface area contributed by atoms with Crippen LogP contribution in [0.2, 0.25) is 0 Å². The Bertz CT molecular complexity index is 779. The Hall–Kier alpha value is -2.03. The van der Waals surface area contributed by atoms with Crippen molar-refractivity contribution in [2.24, 2.45) is 0 Å². The molecule has 0 saturated carbocycles. The first-order valence-electron chi connectivity index (χ1n) is 8.60. The van der Waals surface area contributed by atoms with Gasteiger partial charge in [-0.1, -0.05) is 90.0 Å². The Labute approximate surface area is 154 Å². The number of thioether (sulfide) groups is 1. The first kappa shape index (κ1) is 17.8. The number of benzene rings is 3. The molecule has 3 aromatic carbocycles. The molecular formula is C23H24OS. The second-order valence-electron chi connectivity index (χ2n) is 6.48. The van der Waals surface area contributed by atoms with E-state index in [1.54, 1.807) is 11.8 Å². The van der Waals surface area contributed by atoms with E-state index in [0.29, 0.717) is 0 Å². The molecule has 2 atom stereocenters. The molecule has 0 aliphatic rings. The fraction of sp³-hybridized carbons (Fsp3) is 0.217. The molecule has 2 heteroatoms. The van der Waals surface area contributed by atoms with Crippen molar-refractivity contribution in [2.75, 3.05) is 0 Å². The smallest absolute Gasteiger partial charge is 0.0949 e. The molecule has 0 aliphatic carbocycles. The number of aryl methyl sites for hydroxylation is 2. The molecule has 3 rings (SSSR count). The van der Waals surface area contributed by atoms with Crippen LogP contribution in [0.3, 0.4) is 0 Å². The van der Waals surface area contributed by atoms with Crippen LogP contribution in [0.4, 0.5) is 0 Å². The topological polar surface area (TPSA) is 20.2 Å². The average molecular weight is 349 g/mol. The number of aliphatic hydroxyl groups is 1. The summed E-state index contributed by atoms with van der Waals surface area (Å²) < 4.78 is 0. The monoisotopic (exact) mass is 348 g/mol. The van der Waals surface area contributed by atoms with E-state index in [1.807, 2.05) is 18.2 Å². The zero-order valence-electron chi connectivity index (χ0n) is 14.7. The van der Waals surface area contributed by atoms with Gasteiger partial charge in [0.2, 0.25) is 0 Å². The number of rotatable bonds is 6. The molecule has 128 valence electrons. The highest BCUT2D eigenvalue weighted by Gasteiger charge is 2.23. The van der Waals surface area contributed by atoms with Crippen LogP contribution >= 0.6 is 11.8 Å². The minimum absolute atomic E-state index is 0.00325. The summed E-state index contributed by atoms with van der Waals surface area (Å²) in [6.45, 7) is 4.16. The lowest BCUT2D eigenvalue weighted by atomic mass is 9.99. The van der Waals surface area contributed by atoms with Gasteiger partial charge in [0.05, 0.1) is 11.4 Å². The molecule has 0 fully saturated rings. The van der Waals surface area contributed by atoms with E-state index in [-0.39, 0.29) is 5.25 Å². The van der Waals surface area contributed by atoms with E-state index in [4.69, 9.17) is 0 Å². The van der Waals surface area contributed by atoms with E-state index in [9.17, 15) is 5.11 Å². The van der Waals surface area contributed by atoms with Gasteiger partial charge in [-0.15, -0.1) is 11.8 Å². The van der Waals surface area contributed by atoms with Crippen molar-refractivity contribution in [3.05, 3.63) is 107 Å². The average Bonchev–Trinajstić information content (AvgIpc) is 2.64. The van der Waals surface area contributed by atoms with E-state index in [1.165, 1.54) is 22.3 Å². The molecule has 0 unspecified atom stereocenters. The van der Waals surface area contributed by atoms with Crippen LogP contribution in [0.25, 0.3) is 0 Å². The van der Waals surface area contributed by atoms with Gasteiger partial charge in [-0.25, -0.2) is 0 Å². The maximum atomic E-state index is 11.1. The molecule has 0 aromatic heterocycles. The summed E-state index contributed by atoms with van der Waals surface area (Å²) in [6.07, 6.45) is -0.531. The molecule has 1 nitrogen and oxygen atoms in total. The Morgan fingerprint density at radius 3 is 1.80 bits per heavy atom. The van der Waals surface area contributed by atoms with Gasteiger partial charge in [0, 0.05) is 5.75 Å². The first-order chi connectivity index (χ1) is 12.1. The lowest BCUT2D eigenvalue weighted by Crippen LogP contribution is -2.08. The Kier molecular flexibility index (Phi) is 5.95. The van der Waals surface area contributed by atoms with Crippen molar-refractivity contribution >= 4 is 11.8 Å². The maximum Gasteiger partial charge on any atom is 0.0949 e. The van der Waals surface area contributed by atoms with Crippen LogP contribution in [0.15, 0.2) is 78.9 Å². The molecule has 1 N–H and O–H groups in total. The lowest BCUT2D eigenvalue weighted by Gasteiger charge is -2.24. The normalized spacial score (nSPS) is 13.4. The van der Waals surface area contributed by atoms with E-state index >= 15 is 0 Å². The number of hydrogen-bond donors (Lipinski definition) is 1. The largest absolute Gasteiger partial charge is 0.387 e. The summed E-state index contributed by atoms with van der Waals surface area (Å²) in [6, 6.07) is 27.1. The zero-order chi connectivity index (χ0) is 17.6. The molecular weight excluding hydrogens is 324 g/mol. The van der Waals surface area contributed by atoms with Crippen molar-refractivity contribution in [3.63, 3.8) is 0 Å². The second kappa shape index (κ2) is 8.37. The van der Waals surface area contributed by atoms with Gasteiger partial charge in [-0.05, 0) is 30.5 Å². The van der Waals surface area contributed by atoms with E-state index < -0.39 is 6.10 Å². The molecule has 3 aromatic rings. The van der Waals surface area contributed by atoms with Gasteiger partial charge in [0.15, 0.2) is 0 Å². The van der Waals surface area contributed by atoms with Crippen LogP contribution in [0, 0.1) is 13.8 Å². The van der Waals surface area contributed by atoms with Crippen LogP contribution in [0.5, 0.6) is 0 Å². The third-order valence-corrected chi connectivity index (χ3v) is 5.77. The summed E-state index contributed by atoms with van der Waals surface area (Å²) in [5, 5.41) is 11.1. The summed E-state index contributed by atoms with van der Waals surface area (Å²) in [7, 11) is 0. The summed E-state index contributed by atoms with van der Waals surface area (Å²) in [5.41, 5.74) is 5.86. The van der Waals surface area contributed by atoms with Gasteiger partial charge in [-0.3, -0.25) is 0 Å². The van der Waals surface area contributed by atoms with E-state index in [0.717, 1.165) is 11.3 Å². The van der Waals surface area contributed by atoms with Gasteiger partial charge in [-0.2, -0.15) is 0 Å². The SMILES string of the molecule is Cc1ccc([C@@H](O)[C@H](SCc2ccccc2)c2ccc(C)cc2)cc1. The third kappa shape index (κ3) is 4.75. The summed E-state index contributed by atoms with van der Waals surface area (Å²) >= 11 is 1.79. The minimum Gasteiger partial charge on any atom is -0.387 e. The van der Waals surface area contributed by atoms with Crippen LogP contribution in [-0.2, 0) is 5.75 Å². The molecule has 0 bridgehead atoms. The standard InChI is InChI=1S/C23H24OS/c1-17-8-12-20(13-9-17)22(24)23(21-14-10-18(2)11-15-21)25-16-19-6-4-3-5-7-19/h3-15,22-24H,16H2,1-2H3/t22-,23-/m1/s1. The quantitative estimate of drug-likeness (QED) is 0.588. The molecule has 0 spiro atoms. The fourth-order valence-electron chi connectivity index (χ4n) is 2.82. The van der Waals surface area contributed by atoms with Crippen LogP contribution in [0.1, 0.15) is 39.2 Å². The fourth-order valence-corrected chi connectivity index (χ4v) is 4.08. The molecule has 0 aliphatic heterocycles. The highest BCUT2D eigenvalue weighted by molar-refractivity contribution is 7.98. The molecule has 0 radical (unpaired) electrons. The van der Waals surface area contributed by atoms with Crippen molar-refractivity contribution in [2.45, 2.75) is 31.0 Å². The lowest BCUT2D eigenvalue weighted by molar-refractivity contribution is 0.175. The molecule has 25 heavy (non-hydrogen) atoms. The number of hydrogen-bond acceptors (Lipinski definition) is 2. The predicted octanol–water partition coefficient (Wildman–Crippen LogP) is 6.01. The second-order valence-corrected chi connectivity index (χ2v) is 7.61. The summed E-state index contributed by atoms with van der Waals surface area (Å²) in [4.78, 5) is 0. The van der Waals surface area contributed by atoms with Gasteiger partial charge >= 0.3 is 0 Å². The maximum absolute atomic E-state index is 11.1. The van der Waals surface area contributed by atoms with Crippen molar-refractivity contribution < 1.29 is 5.11 Å². The van der Waals surface area contributed by atoms with Crippen molar-refractivity contribution in [1.29, 1.82) is 0 Å². The molecule has 0 amide bonds. The Morgan fingerprint density at radius 1 is 0.720 bits per heavy atom. The zero-order valence-corrected chi connectivity index (χ0v) is 15.5. The highest BCUT2D eigenvalue weighted by atomic mass is 32.2. The minimum atomic E-state index is -0.531. The van der Waals surface area contributed by atoms with Gasteiger partial charge < -0.3 is 5.11 Å². The Balaban J connectivity index is 1.85. The van der Waals surface area contributed by atoms with Gasteiger partial charge in [0.1, 0.15) is 0 Å². The molecule has 0 heterocycles. The summed E-state index contributed by atoms with van der Waals surface area (Å²) in [5.74, 6) is 0.877. The first-order valence-corrected chi connectivity index (χ1v) is 9.65. The van der Waals surface area contributed by atoms with Crippen molar-refractivity contribution in [1.82, 2.24) is 0 Å². The predicted molar refractivity (Wildman–Crippen MR) is 108 cm³/mol. The van der Waals surface area contributed by atoms with Gasteiger partial charge in [0.25, 0.3) is 0 Å². The molecule has 0 saturated heterocycles. The van der Waals surface area contributed by atoms with Crippen LogP contribution in [-0.4, -0.2) is 5.11 Å². The van der Waals surface area contributed by atoms with E-state index in [2.05, 4.69) is 74.5 Å². The number of aliphatic hydroxyl groups excluding tert-OH is 1. The Morgan fingerprint density at radius 2 is 1.24 bits per heavy atom. The van der Waals surface area contributed by atoms with Crippen molar-refractivity contribution in [3.8, 4) is 0 Å². The third-order valence-electron chi connectivity index (χ3n) is 4.38. The van der Waals surface area contributed by atoms with Crippen LogP contribution < -0.4 is 0 Å². The highest BCUT2D eigenvalue weighted by Crippen LogP contribution is 2.41.